The average Bonchev–Trinajstić information content (AvgIpc) is 3.23. The molecule has 3 fully saturated rings. The third kappa shape index (κ3) is 11.3. The van der Waals surface area contributed by atoms with Gasteiger partial charge in [-0.05, 0) is 94.6 Å². The second-order valence-electron chi connectivity index (χ2n) is 17.4. The number of Topliss-reactive ketones (excluding diaryl/α,β-unsaturated/α-hetero) is 2. The van der Waals surface area contributed by atoms with Crippen molar-refractivity contribution in [1.29, 1.82) is 0 Å². The van der Waals surface area contributed by atoms with E-state index in [0.717, 1.165) is 4.90 Å². The van der Waals surface area contributed by atoms with E-state index in [4.69, 9.17) is 23.7 Å². The molecule has 2 amide bonds. The van der Waals surface area contributed by atoms with Crippen LogP contribution in [0.4, 0.5) is 4.39 Å². The molecule has 2 bridgehead atoms. The number of alkyl halides is 1. The number of hydrogen-bond acceptors (Lipinski definition) is 12. The van der Waals surface area contributed by atoms with E-state index in [1.165, 1.54) is 14.2 Å². The molecule has 0 aromatic heterocycles. The summed E-state index contributed by atoms with van der Waals surface area (Å²) >= 11 is 0. The molecule has 14 nitrogen and oxygen atoms in total. The van der Waals surface area contributed by atoms with Crippen molar-refractivity contribution in [1.82, 2.24) is 10.2 Å². The largest absolute Gasteiger partial charge is 0.456 e. The Morgan fingerprint density at radius 1 is 1.00 bits per heavy atom. The lowest BCUT2D eigenvalue weighted by Crippen LogP contribution is -2.64. The molecular weight excluding hydrogens is 767 g/mol. The Hall–Kier alpha value is -3.08. The van der Waals surface area contributed by atoms with E-state index in [2.05, 4.69) is 5.32 Å². The fourth-order valence-corrected chi connectivity index (χ4v) is 9.60. The van der Waals surface area contributed by atoms with Crippen molar-refractivity contribution in [3.63, 3.8) is 0 Å². The number of allylic oxidation sites excluding steroid dienone is 3. The van der Waals surface area contributed by atoms with Crippen LogP contribution in [0.25, 0.3) is 0 Å². The first-order valence-corrected chi connectivity index (χ1v) is 21.4. The standard InChI is InChI=1S/C44H69FN2O12/c1-10-30-18-24(2)38(45)25(3)19-36(56-8)40-37(57-9)20-27(5)44(54,59-40)41(51)42(52)47-16-12-11-13-32(47)43(53)58-39(28(6)33(49)22-34(30)50)26(4)17-29-14-15-31(46-23-48)35(21-29)55-7/h17-18,23,25,27-33,35-40,49,54H,10-16,19-22H2,1-9H3,(H,46,48)/b24-18+,26-17?. The third-order valence-electron chi connectivity index (χ3n) is 13.4. The highest BCUT2D eigenvalue weighted by Gasteiger charge is 2.57. The van der Waals surface area contributed by atoms with Gasteiger partial charge in [-0.3, -0.25) is 19.2 Å². The first kappa shape index (κ1) is 48.6. The first-order valence-electron chi connectivity index (χ1n) is 21.4. The number of rotatable bonds is 8. The van der Waals surface area contributed by atoms with Crippen LogP contribution >= 0.6 is 0 Å². The van der Waals surface area contributed by atoms with E-state index in [1.54, 1.807) is 47.8 Å². The van der Waals surface area contributed by atoms with Gasteiger partial charge in [0.05, 0.1) is 30.5 Å². The number of piperidine rings is 1. The van der Waals surface area contributed by atoms with Gasteiger partial charge in [0.25, 0.3) is 11.7 Å². The number of nitrogens with zero attached hydrogens (tertiary/aromatic N) is 1. The van der Waals surface area contributed by atoms with Crippen LogP contribution < -0.4 is 5.32 Å². The zero-order valence-electron chi connectivity index (χ0n) is 36.4. The molecule has 0 spiro atoms. The molecule has 4 aliphatic rings. The predicted molar refractivity (Wildman–Crippen MR) is 215 cm³/mol. The minimum absolute atomic E-state index is 0.0315. The predicted octanol–water partition coefficient (Wildman–Crippen LogP) is 4.17. The summed E-state index contributed by atoms with van der Waals surface area (Å²) < 4.78 is 45.9. The molecule has 15 unspecified atom stereocenters. The Morgan fingerprint density at radius 3 is 2.29 bits per heavy atom. The number of aliphatic hydroxyl groups is 2. The zero-order valence-corrected chi connectivity index (χ0v) is 36.4. The molecule has 3 heterocycles. The van der Waals surface area contributed by atoms with Gasteiger partial charge in [-0.1, -0.05) is 39.8 Å². The smallest absolute Gasteiger partial charge is 0.329 e. The van der Waals surface area contributed by atoms with Crippen LogP contribution in [0.15, 0.2) is 23.3 Å². The summed E-state index contributed by atoms with van der Waals surface area (Å²) in [5.74, 6) is -9.15. The van der Waals surface area contributed by atoms with E-state index in [9.17, 15) is 34.2 Å². The number of carbonyl (C=O) groups excluding carboxylic acids is 5. The van der Waals surface area contributed by atoms with Gasteiger partial charge >= 0.3 is 5.97 Å². The van der Waals surface area contributed by atoms with Crippen molar-refractivity contribution >= 4 is 29.9 Å². The number of cyclic esters (lactones) is 1. The maximum Gasteiger partial charge on any atom is 0.329 e. The lowest BCUT2D eigenvalue weighted by molar-refractivity contribution is -0.302. The molecule has 4 rings (SSSR count). The number of ether oxygens (including phenoxy) is 5. The second-order valence-corrected chi connectivity index (χ2v) is 17.4. The van der Waals surface area contributed by atoms with E-state index in [-0.39, 0.29) is 56.1 Å². The van der Waals surface area contributed by atoms with Crippen molar-refractivity contribution in [2.45, 2.75) is 166 Å². The van der Waals surface area contributed by atoms with Crippen LogP contribution in [0, 0.1) is 29.6 Å². The van der Waals surface area contributed by atoms with Crippen LogP contribution in [-0.2, 0) is 47.7 Å². The molecule has 3 N–H and O–H groups in total. The minimum atomic E-state index is -2.61. The SMILES string of the molecule is CCC1/C=C(\C)C(F)C(C)CC(OC)C2OC(O)(C(=O)C(=O)N3CCCCC3C(=O)OC(C(C)=CC3CCC(NC=O)C(OC)C3)C(C)C(O)CC1=O)C(C)CC2OC. The zero-order chi connectivity index (χ0) is 43.8. The van der Waals surface area contributed by atoms with Crippen molar-refractivity contribution in [3.05, 3.63) is 23.3 Å². The number of aliphatic hydroxyl groups excluding tert-OH is 1. The van der Waals surface area contributed by atoms with Gasteiger partial charge < -0.3 is 44.1 Å². The molecule has 15 atom stereocenters. The van der Waals surface area contributed by atoms with Crippen LogP contribution in [0.1, 0.15) is 106 Å². The van der Waals surface area contributed by atoms with Gasteiger partial charge in [-0.25, -0.2) is 9.18 Å². The Balaban J connectivity index is 1.78. The number of ketones is 2. The number of halogens is 1. The fraction of sp³-hybridized carbons (Fsp3) is 0.795. The van der Waals surface area contributed by atoms with Gasteiger partial charge in [0.1, 0.15) is 30.2 Å². The van der Waals surface area contributed by atoms with Gasteiger partial charge in [0.2, 0.25) is 12.2 Å². The number of nitrogens with one attached hydrogen (secondary N) is 1. The molecule has 0 aromatic carbocycles. The number of amides is 2. The highest BCUT2D eigenvalue weighted by Crippen LogP contribution is 2.39. The van der Waals surface area contributed by atoms with Crippen LogP contribution in [-0.4, -0.2) is 134 Å². The van der Waals surface area contributed by atoms with E-state index >= 15 is 4.39 Å². The lowest BCUT2D eigenvalue weighted by Gasteiger charge is -2.47. The molecule has 1 aliphatic carbocycles. The molecule has 1 saturated carbocycles. The summed E-state index contributed by atoms with van der Waals surface area (Å²) in [6, 6.07) is -1.34. The van der Waals surface area contributed by atoms with E-state index in [0.29, 0.717) is 56.1 Å². The highest BCUT2D eigenvalue weighted by atomic mass is 19.1. The van der Waals surface area contributed by atoms with Gasteiger partial charge in [0.15, 0.2) is 0 Å². The van der Waals surface area contributed by atoms with Crippen molar-refractivity contribution in [2.75, 3.05) is 27.9 Å². The van der Waals surface area contributed by atoms with Crippen molar-refractivity contribution in [3.8, 4) is 0 Å². The summed E-state index contributed by atoms with van der Waals surface area (Å²) in [7, 11) is 4.45. The highest BCUT2D eigenvalue weighted by molar-refractivity contribution is 6.39. The number of esters is 1. The topological polar surface area (TPSA) is 187 Å². The Kier molecular flexibility index (Phi) is 17.8. The second kappa shape index (κ2) is 21.6. The van der Waals surface area contributed by atoms with Crippen molar-refractivity contribution < 1.29 is 62.3 Å². The molecule has 0 radical (unpaired) electrons. The normalized spacial score (nSPS) is 41.2. The molecule has 15 heteroatoms. The molecule has 334 valence electrons. The number of methoxy groups -OCH3 is 3. The summed E-state index contributed by atoms with van der Waals surface area (Å²) in [5, 5.41) is 26.5. The maximum absolute atomic E-state index is 16.2. The number of carbonyl (C=O) groups is 5. The summed E-state index contributed by atoms with van der Waals surface area (Å²) in [4.78, 5) is 69.0. The Morgan fingerprint density at radius 2 is 1.66 bits per heavy atom. The summed E-state index contributed by atoms with van der Waals surface area (Å²) in [6.07, 6.45) is 0.968. The maximum atomic E-state index is 16.2. The monoisotopic (exact) mass is 836 g/mol. The lowest BCUT2D eigenvalue weighted by atomic mass is 9.81. The van der Waals surface area contributed by atoms with E-state index < -0.39 is 89.9 Å². The summed E-state index contributed by atoms with van der Waals surface area (Å²) in [6.45, 7) is 10.2. The quantitative estimate of drug-likeness (QED) is 0.137. The fourth-order valence-electron chi connectivity index (χ4n) is 9.60. The Bertz CT molecular complexity index is 1540. The van der Waals surface area contributed by atoms with Crippen LogP contribution in [0.5, 0.6) is 0 Å². The third-order valence-corrected chi connectivity index (χ3v) is 13.4. The van der Waals surface area contributed by atoms with Crippen molar-refractivity contribution in [2.24, 2.45) is 29.6 Å². The van der Waals surface area contributed by atoms with Gasteiger partial charge in [0, 0.05) is 52.0 Å². The number of fused-ring (bicyclic) bond motifs is 3. The molecular formula is C44H69FN2O12. The summed E-state index contributed by atoms with van der Waals surface area (Å²) in [5.41, 5.74) is 0.943. The molecule has 3 aliphatic heterocycles. The Labute approximate surface area is 348 Å². The van der Waals surface area contributed by atoms with E-state index in [1.807, 2.05) is 13.0 Å². The minimum Gasteiger partial charge on any atom is -0.456 e. The van der Waals surface area contributed by atoms with Gasteiger partial charge in [-0.15, -0.1) is 0 Å². The van der Waals surface area contributed by atoms with Gasteiger partial charge in [-0.2, -0.15) is 0 Å². The molecule has 2 saturated heterocycles. The molecule has 59 heavy (non-hydrogen) atoms. The van der Waals surface area contributed by atoms with Crippen LogP contribution in [0.3, 0.4) is 0 Å². The first-order chi connectivity index (χ1) is 27.9. The number of hydrogen-bond donors (Lipinski definition) is 3. The molecule has 0 aromatic rings. The van der Waals surface area contributed by atoms with Crippen LogP contribution in [0.2, 0.25) is 0 Å². The average molecular weight is 837 g/mol.